The summed E-state index contributed by atoms with van der Waals surface area (Å²) in [4.78, 5) is 17.7. The second kappa shape index (κ2) is 7.74. The van der Waals surface area contributed by atoms with E-state index in [0.29, 0.717) is 22.0 Å². The number of aryl methyl sites for hydroxylation is 1. The number of esters is 1. The monoisotopic (exact) mass is 451 g/mol. The lowest BCUT2D eigenvalue weighted by molar-refractivity contribution is 0.0737. The molecule has 0 saturated carbocycles. The van der Waals surface area contributed by atoms with Crippen LogP contribution in [0.5, 0.6) is 5.75 Å². The number of ether oxygens (including phenoxy) is 1. The van der Waals surface area contributed by atoms with Gasteiger partial charge in [-0.25, -0.2) is 9.78 Å². The average molecular weight is 453 g/mol. The Balaban J connectivity index is 1.80. The molecule has 0 radical (unpaired) electrons. The Bertz CT molecular complexity index is 1190. The Morgan fingerprint density at radius 2 is 1.75 bits per heavy atom. The molecule has 0 aliphatic heterocycles. The Morgan fingerprint density at radius 3 is 2.50 bits per heavy atom. The van der Waals surface area contributed by atoms with Gasteiger partial charge in [0.15, 0.2) is 0 Å². The van der Waals surface area contributed by atoms with Crippen LogP contribution in [-0.4, -0.2) is 11.0 Å². The third kappa shape index (κ3) is 3.79. The van der Waals surface area contributed by atoms with Crippen LogP contribution in [-0.2, 0) is 0 Å². The molecule has 0 unspecified atom stereocenters. The first-order valence-electron chi connectivity index (χ1n) is 8.65. The van der Waals surface area contributed by atoms with Crippen LogP contribution in [0.2, 0.25) is 5.02 Å². The summed E-state index contributed by atoms with van der Waals surface area (Å²) in [5.74, 6) is -0.163. The van der Waals surface area contributed by atoms with Crippen LogP contribution in [0.3, 0.4) is 0 Å². The molecular formula is C23H15BrClNO2. The number of nitrogens with zero attached hydrogens (tertiary/aromatic N) is 1. The lowest BCUT2D eigenvalue weighted by Crippen LogP contribution is -2.10. The summed E-state index contributed by atoms with van der Waals surface area (Å²) in [6.07, 6.45) is 0. The quantitative estimate of drug-likeness (QED) is 0.252. The van der Waals surface area contributed by atoms with E-state index in [1.807, 2.05) is 55.5 Å². The van der Waals surface area contributed by atoms with Crippen molar-refractivity contribution in [3.05, 3.63) is 93.4 Å². The first-order valence-corrected chi connectivity index (χ1v) is 9.82. The van der Waals surface area contributed by atoms with E-state index in [1.165, 1.54) is 0 Å². The van der Waals surface area contributed by atoms with Gasteiger partial charge in [-0.15, -0.1) is 0 Å². The minimum Gasteiger partial charge on any atom is -0.421 e. The second-order valence-electron chi connectivity index (χ2n) is 6.40. The van der Waals surface area contributed by atoms with Gasteiger partial charge in [0.2, 0.25) is 0 Å². The maximum Gasteiger partial charge on any atom is 0.344 e. The van der Waals surface area contributed by atoms with E-state index in [2.05, 4.69) is 15.9 Å². The number of fused-ring (bicyclic) bond motifs is 1. The summed E-state index contributed by atoms with van der Waals surface area (Å²) in [5, 5.41) is 1.09. The zero-order valence-corrected chi connectivity index (χ0v) is 17.3. The molecule has 3 nitrogen and oxygen atoms in total. The van der Waals surface area contributed by atoms with Gasteiger partial charge in [-0.3, -0.25) is 0 Å². The summed E-state index contributed by atoms with van der Waals surface area (Å²) in [5.41, 5.74) is 3.99. The molecule has 0 spiro atoms. The number of halogens is 2. The van der Waals surface area contributed by atoms with Crippen molar-refractivity contribution in [1.82, 2.24) is 4.98 Å². The molecule has 138 valence electrons. The van der Waals surface area contributed by atoms with Crippen molar-refractivity contribution in [2.75, 3.05) is 0 Å². The number of hydrogen-bond acceptors (Lipinski definition) is 3. The Morgan fingerprint density at radius 1 is 1.00 bits per heavy atom. The van der Waals surface area contributed by atoms with E-state index in [4.69, 9.17) is 21.3 Å². The zero-order chi connectivity index (χ0) is 19.7. The molecule has 4 rings (SSSR count). The van der Waals surface area contributed by atoms with Gasteiger partial charge in [0.05, 0.1) is 21.8 Å². The highest BCUT2D eigenvalue weighted by Gasteiger charge is 2.17. The van der Waals surface area contributed by atoms with Gasteiger partial charge in [0.25, 0.3) is 0 Å². The highest BCUT2D eigenvalue weighted by Crippen LogP contribution is 2.30. The lowest BCUT2D eigenvalue weighted by atomic mass is 10.0. The Labute approximate surface area is 176 Å². The molecule has 5 heteroatoms. The third-order valence-corrected chi connectivity index (χ3v) is 5.17. The van der Waals surface area contributed by atoms with E-state index < -0.39 is 5.97 Å². The molecule has 4 aromatic rings. The van der Waals surface area contributed by atoms with Gasteiger partial charge in [-0.05, 0) is 37.3 Å². The number of para-hydroxylation sites is 1. The standard InChI is InChI=1S/C23H15BrClNO2/c1-14-6-8-15(9-7-14)21-13-18(17-4-2-3-5-20(17)26-21)23(27)28-22-11-10-16(24)12-19(22)25/h2-13H,1H3. The molecule has 28 heavy (non-hydrogen) atoms. The summed E-state index contributed by atoms with van der Waals surface area (Å²) >= 11 is 9.55. The van der Waals surface area contributed by atoms with Gasteiger partial charge in [-0.1, -0.05) is 75.6 Å². The van der Waals surface area contributed by atoms with Crippen LogP contribution in [0.15, 0.2) is 77.3 Å². The molecule has 0 fully saturated rings. The van der Waals surface area contributed by atoms with Gasteiger partial charge in [0.1, 0.15) is 5.75 Å². The van der Waals surface area contributed by atoms with Crippen molar-refractivity contribution < 1.29 is 9.53 Å². The molecule has 0 aliphatic rings. The summed E-state index contributed by atoms with van der Waals surface area (Å²) in [7, 11) is 0. The molecule has 0 amide bonds. The first-order chi connectivity index (χ1) is 13.5. The number of carbonyl (C=O) groups excluding carboxylic acids is 1. The maximum absolute atomic E-state index is 13.0. The van der Waals surface area contributed by atoms with E-state index in [-0.39, 0.29) is 0 Å². The van der Waals surface area contributed by atoms with E-state index in [9.17, 15) is 4.79 Å². The van der Waals surface area contributed by atoms with Gasteiger partial charge < -0.3 is 4.74 Å². The average Bonchev–Trinajstić information content (AvgIpc) is 2.69. The molecule has 0 bridgehead atoms. The molecule has 0 aliphatic carbocycles. The molecule has 1 aromatic heterocycles. The molecule has 1 heterocycles. The number of pyridine rings is 1. The molecule has 0 saturated heterocycles. The van der Waals surface area contributed by atoms with Crippen LogP contribution in [0.4, 0.5) is 0 Å². The molecule has 3 aromatic carbocycles. The van der Waals surface area contributed by atoms with Crippen molar-refractivity contribution >= 4 is 44.4 Å². The normalized spacial score (nSPS) is 10.8. The summed E-state index contributed by atoms with van der Waals surface area (Å²) < 4.78 is 6.40. The van der Waals surface area contributed by atoms with Gasteiger partial charge in [0, 0.05) is 15.4 Å². The number of rotatable bonds is 3. The minimum absolute atomic E-state index is 0.313. The number of carbonyl (C=O) groups is 1. The van der Waals surface area contributed by atoms with Crippen LogP contribution < -0.4 is 4.74 Å². The Hall–Kier alpha value is -2.69. The van der Waals surface area contributed by atoms with Crippen molar-refractivity contribution in [3.63, 3.8) is 0 Å². The van der Waals surface area contributed by atoms with E-state index >= 15 is 0 Å². The van der Waals surface area contributed by atoms with Crippen molar-refractivity contribution in [1.29, 1.82) is 0 Å². The Kier molecular flexibility index (Phi) is 5.16. The third-order valence-electron chi connectivity index (χ3n) is 4.38. The van der Waals surface area contributed by atoms with Crippen molar-refractivity contribution in [2.24, 2.45) is 0 Å². The van der Waals surface area contributed by atoms with Gasteiger partial charge in [-0.2, -0.15) is 0 Å². The highest BCUT2D eigenvalue weighted by molar-refractivity contribution is 9.10. The fraction of sp³-hybridized carbons (Fsp3) is 0.0435. The van der Waals surface area contributed by atoms with Gasteiger partial charge >= 0.3 is 5.97 Å². The van der Waals surface area contributed by atoms with Crippen LogP contribution in [0.25, 0.3) is 22.2 Å². The SMILES string of the molecule is Cc1ccc(-c2cc(C(=O)Oc3ccc(Br)cc3Cl)c3ccccc3n2)cc1. The lowest BCUT2D eigenvalue weighted by Gasteiger charge is -2.11. The van der Waals surface area contributed by atoms with E-state index in [0.717, 1.165) is 26.5 Å². The summed E-state index contributed by atoms with van der Waals surface area (Å²) in [6, 6.07) is 22.4. The highest BCUT2D eigenvalue weighted by atomic mass is 79.9. The number of hydrogen-bond donors (Lipinski definition) is 0. The van der Waals surface area contributed by atoms with Crippen LogP contribution in [0.1, 0.15) is 15.9 Å². The van der Waals surface area contributed by atoms with Crippen molar-refractivity contribution in [2.45, 2.75) is 6.92 Å². The molecule has 0 atom stereocenters. The van der Waals surface area contributed by atoms with Crippen LogP contribution in [0, 0.1) is 6.92 Å². The molecular weight excluding hydrogens is 438 g/mol. The molecule has 0 N–H and O–H groups in total. The largest absolute Gasteiger partial charge is 0.421 e. The minimum atomic E-state index is -0.476. The predicted octanol–water partition coefficient (Wildman–Crippen LogP) is 6.85. The number of aromatic nitrogens is 1. The number of benzene rings is 3. The zero-order valence-electron chi connectivity index (χ0n) is 14.9. The smallest absolute Gasteiger partial charge is 0.344 e. The maximum atomic E-state index is 13.0. The van der Waals surface area contributed by atoms with E-state index in [1.54, 1.807) is 24.3 Å². The van der Waals surface area contributed by atoms with Crippen LogP contribution >= 0.6 is 27.5 Å². The fourth-order valence-electron chi connectivity index (χ4n) is 2.93. The topological polar surface area (TPSA) is 39.2 Å². The van der Waals surface area contributed by atoms with Crippen molar-refractivity contribution in [3.8, 4) is 17.0 Å². The first kappa shape index (κ1) is 18.7. The second-order valence-corrected chi connectivity index (χ2v) is 7.73. The fourth-order valence-corrected chi connectivity index (χ4v) is 3.64. The summed E-state index contributed by atoms with van der Waals surface area (Å²) in [6.45, 7) is 2.03. The predicted molar refractivity (Wildman–Crippen MR) is 116 cm³/mol.